The van der Waals surface area contributed by atoms with E-state index in [4.69, 9.17) is 20.9 Å². The smallest absolute Gasteiger partial charge is 0.319 e. The van der Waals surface area contributed by atoms with Gasteiger partial charge in [-0.2, -0.15) is 0 Å². The molecule has 0 unspecified atom stereocenters. The number of hydrogen-bond acceptors (Lipinski definition) is 4. The summed E-state index contributed by atoms with van der Waals surface area (Å²) in [5.74, 6) is 0.980. The van der Waals surface area contributed by atoms with Crippen LogP contribution in [0.5, 0.6) is 11.5 Å². The summed E-state index contributed by atoms with van der Waals surface area (Å²) in [6.07, 6.45) is 5.86. The van der Waals surface area contributed by atoms with Gasteiger partial charge in [-0.05, 0) is 54.7 Å². The normalized spacial score (nSPS) is 13.7. The van der Waals surface area contributed by atoms with Gasteiger partial charge in [0.1, 0.15) is 18.1 Å². The highest BCUT2D eigenvalue weighted by Gasteiger charge is 2.21. The lowest BCUT2D eigenvalue weighted by Crippen LogP contribution is -2.35. The fourth-order valence-corrected chi connectivity index (χ4v) is 4.56. The Morgan fingerprint density at radius 1 is 0.833 bits per heavy atom. The molecule has 0 aromatic heterocycles. The summed E-state index contributed by atoms with van der Waals surface area (Å²) in [6.45, 7) is 1.10. The number of urea groups is 1. The number of anilines is 1. The minimum atomic E-state index is -0.615. The number of primary amides is 2. The standard InChI is InChI=1S/C29H33N3O4/c30-28(33)26-13-7-12-23(27(26)36-20-22-10-5-2-6-11-22)18-32(29(31)34)24-14-16-25(17-15-24)35-19-21-8-3-1-4-9-21/h1,3-4,7-9,12-17,22H,2,5-6,10-11,18-20H2,(H2,30,33)(H2,31,34). The van der Waals surface area contributed by atoms with Crippen molar-refractivity contribution in [2.75, 3.05) is 11.5 Å². The molecule has 1 fully saturated rings. The van der Waals surface area contributed by atoms with Gasteiger partial charge >= 0.3 is 6.03 Å². The SMILES string of the molecule is NC(=O)c1cccc(CN(C(N)=O)c2ccc(OCc3ccccc3)cc2)c1OCC1CCCCC1. The summed E-state index contributed by atoms with van der Waals surface area (Å²) in [4.78, 5) is 26.0. The number of benzene rings is 3. The molecule has 0 aliphatic heterocycles. The van der Waals surface area contributed by atoms with Crippen LogP contribution in [-0.2, 0) is 13.2 Å². The molecule has 0 saturated heterocycles. The Labute approximate surface area is 212 Å². The van der Waals surface area contributed by atoms with E-state index in [-0.39, 0.29) is 6.54 Å². The summed E-state index contributed by atoms with van der Waals surface area (Å²) >= 11 is 0. The van der Waals surface area contributed by atoms with Gasteiger partial charge in [-0.3, -0.25) is 9.69 Å². The van der Waals surface area contributed by atoms with Crippen LogP contribution in [0.4, 0.5) is 10.5 Å². The Hall–Kier alpha value is -4.00. The highest BCUT2D eigenvalue weighted by Crippen LogP contribution is 2.31. The summed E-state index contributed by atoms with van der Waals surface area (Å²) in [5.41, 5.74) is 14.0. The van der Waals surface area contributed by atoms with Crippen molar-refractivity contribution in [3.8, 4) is 11.5 Å². The minimum Gasteiger partial charge on any atom is -0.492 e. The third-order valence-corrected chi connectivity index (χ3v) is 6.54. The molecule has 0 bridgehead atoms. The van der Waals surface area contributed by atoms with E-state index in [1.807, 2.05) is 36.4 Å². The van der Waals surface area contributed by atoms with Crippen molar-refractivity contribution in [2.24, 2.45) is 17.4 Å². The van der Waals surface area contributed by atoms with Gasteiger partial charge in [-0.1, -0.05) is 61.7 Å². The second-order valence-corrected chi connectivity index (χ2v) is 9.17. The van der Waals surface area contributed by atoms with Gasteiger partial charge in [0.15, 0.2) is 0 Å². The van der Waals surface area contributed by atoms with Crippen molar-refractivity contribution in [2.45, 2.75) is 45.3 Å². The summed E-state index contributed by atoms with van der Waals surface area (Å²) < 4.78 is 12.0. The maximum atomic E-state index is 12.4. The van der Waals surface area contributed by atoms with E-state index in [9.17, 15) is 9.59 Å². The number of carbonyl (C=O) groups excluding carboxylic acids is 2. The molecule has 188 valence electrons. The second-order valence-electron chi connectivity index (χ2n) is 9.17. The summed E-state index contributed by atoms with van der Waals surface area (Å²) in [6, 6.07) is 21.7. The van der Waals surface area contributed by atoms with Gasteiger partial charge in [0.05, 0.1) is 18.7 Å². The zero-order valence-corrected chi connectivity index (χ0v) is 20.4. The Balaban J connectivity index is 1.50. The molecule has 0 spiro atoms. The third kappa shape index (κ3) is 6.56. The molecule has 36 heavy (non-hydrogen) atoms. The molecule has 0 atom stereocenters. The number of amides is 3. The highest BCUT2D eigenvalue weighted by molar-refractivity contribution is 5.96. The molecule has 1 aliphatic carbocycles. The molecule has 3 amide bonds. The van der Waals surface area contributed by atoms with Crippen LogP contribution in [0.2, 0.25) is 0 Å². The molecule has 0 heterocycles. The Kier molecular flexibility index (Phi) is 8.44. The topological polar surface area (TPSA) is 108 Å². The van der Waals surface area contributed by atoms with Crippen LogP contribution in [0.3, 0.4) is 0 Å². The molecular formula is C29H33N3O4. The van der Waals surface area contributed by atoms with E-state index >= 15 is 0 Å². The average Bonchev–Trinajstić information content (AvgIpc) is 2.91. The molecule has 3 aromatic rings. The zero-order chi connectivity index (χ0) is 25.3. The number of ether oxygens (including phenoxy) is 2. The number of rotatable bonds is 10. The number of para-hydroxylation sites is 1. The maximum absolute atomic E-state index is 12.4. The second kappa shape index (κ2) is 12.1. The van der Waals surface area contributed by atoms with Crippen LogP contribution in [-0.4, -0.2) is 18.5 Å². The number of carbonyl (C=O) groups is 2. The van der Waals surface area contributed by atoms with Crippen LogP contribution in [0.15, 0.2) is 72.8 Å². The van der Waals surface area contributed by atoms with Gasteiger partial charge in [0.25, 0.3) is 5.91 Å². The molecular weight excluding hydrogens is 454 g/mol. The van der Waals surface area contributed by atoms with Crippen molar-refractivity contribution >= 4 is 17.6 Å². The zero-order valence-electron chi connectivity index (χ0n) is 20.4. The Morgan fingerprint density at radius 3 is 2.22 bits per heavy atom. The third-order valence-electron chi connectivity index (χ3n) is 6.54. The first-order chi connectivity index (χ1) is 17.5. The lowest BCUT2D eigenvalue weighted by molar-refractivity contribution is 0.0994. The molecule has 7 heteroatoms. The van der Waals surface area contributed by atoms with Crippen LogP contribution >= 0.6 is 0 Å². The molecule has 0 radical (unpaired) electrons. The van der Waals surface area contributed by atoms with Gasteiger partial charge < -0.3 is 20.9 Å². The average molecular weight is 488 g/mol. The number of hydrogen-bond donors (Lipinski definition) is 2. The van der Waals surface area contributed by atoms with Gasteiger partial charge in [0.2, 0.25) is 0 Å². The first kappa shape index (κ1) is 25.1. The molecule has 1 aliphatic rings. The number of nitrogens with two attached hydrogens (primary N) is 2. The largest absolute Gasteiger partial charge is 0.492 e. The predicted molar refractivity (Wildman–Crippen MR) is 140 cm³/mol. The molecule has 4 N–H and O–H groups in total. The van der Waals surface area contributed by atoms with Crippen molar-refractivity contribution in [3.05, 3.63) is 89.5 Å². The van der Waals surface area contributed by atoms with Crippen molar-refractivity contribution in [3.63, 3.8) is 0 Å². The highest BCUT2D eigenvalue weighted by atomic mass is 16.5. The monoisotopic (exact) mass is 487 g/mol. The lowest BCUT2D eigenvalue weighted by atomic mass is 9.90. The fraction of sp³-hybridized carbons (Fsp3) is 0.310. The van der Waals surface area contributed by atoms with Crippen LogP contribution in [0.25, 0.3) is 0 Å². The molecule has 3 aromatic carbocycles. The molecule has 1 saturated carbocycles. The molecule has 4 rings (SSSR count). The summed E-state index contributed by atoms with van der Waals surface area (Å²) in [5, 5.41) is 0. The number of nitrogens with zero attached hydrogens (tertiary/aromatic N) is 1. The van der Waals surface area contributed by atoms with E-state index in [0.717, 1.165) is 18.4 Å². The van der Waals surface area contributed by atoms with Gasteiger partial charge in [-0.25, -0.2) is 4.79 Å². The Morgan fingerprint density at radius 2 is 1.56 bits per heavy atom. The van der Waals surface area contributed by atoms with Crippen LogP contribution in [0, 0.1) is 5.92 Å². The van der Waals surface area contributed by atoms with E-state index in [2.05, 4.69) is 0 Å². The lowest BCUT2D eigenvalue weighted by Gasteiger charge is -2.25. The predicted octanol–water partition coefficient (Wildman–Crippen LogP) is 5.41. The molecule has 7 nitrogen and oxygen atoms in total. The minimum absolute atomic E-state index is 0.140. The Bertz CT molecular complexity index is 1160. The van der Waals surface area contributed by atoms with E-state index in [1.54, 1.807) is 36.4 Å². The summed E-state index contributed by atoms with van der Waals surface area (Å²) in [7, 11) is 0. The van der Waals surface area contributed by atoms with Crippen LogP contribution < -0.4 is 25.8 Å². The quantitative estimate of drug-likeness (QED) is 0.399. The first-order valence-corrected chi connectivity index (χ1v) is 12.4. The van der Waals surface area contributed by atoms with Gasteiger partial charge in [-0.15, -0.1) is 0 Å². The van der Waals surface area contributed by atoms with Gasteiger partial charge in [0, 0.05) is 11.3 Å². The first-order valence-electron chi connectivity index (χ1n) is 12.4. The van der Waals surface area contributed by atoms with Crippen LogP contribution in [0.1, 0.15) is 53.6 Å². The maximum Gasteiger partial charge on any atom is 0.319 e. The van der Waals surface area contributed by atoms with E-state index in [0.29, 0.717) is 47.4 Å². The van der Waals surface area contributed by atoms with E-state index < -0.39 is 11.9 Å². The fourth-order valence-electron chi connectivity index (χ4n) is 4.56. The van der Waals surface area contributed by atoms with Crippen molar-refractivity contribution in [1.82, 2.24) is 0 Å². The van der Waals surface area contributed by atoms with Crippen molar-refractivity contribution in [1.29, 1.82) is 0 Å². The van der Waals surface area contributed by atoms with Crippen molar-refractivity contribution < 1.29 is 19.1 Å². The van der Waals surface area contributed by atoms with E-state index in [1.165, 1.54) is 24.2 Å².